The summed E-state index contributed by atoms with van der Waals surface area (Å²) in [6.45, 7) is 5.89. The van der Waals surface area contributed by atoms with E-state index in [1.165, 1.54) is 4.90 Å². The molecule has 18 heavy (non-hydrogen) atoms. The van der Waals surface area contributed by atoms with E-state index < -0.39 is 11.7 Å². The fourth-order valence-corrected chi connectivity index (χ4v) is 2.23. The van der Waals surface area contributed by atoms with E-state index in [9.17, 15) is 4.79 Å². The lowest BCUT2D eigenvalue weighted by Crippen LogP contribution is -2.35. The Kier molecular flexibility index (Phi) is 3.38. The van der Waals surface area contributed by atoms with Crippen LogP contribution in [0.4, 0.5) is 10.5 Å². The minimum atomic E-state index is -0.556. The molecule has 0 aliphatic carbocycles. The standard InChI is InChI=1S/C11H13Cl2N3O2/c1-11(2,3)18-10(17)16-5-4-6-7(16)8(12)15-9(13)14-6/h4-5H2,1-3H3. The molecule has 0 bridgehead atoms. The Morgan fingerprint density at radius 3 is 2.61 bits per heavy atom. The molecule has 98 valence electrons. The fourth-order valence-electron chi connectivity index (χ4n) is 1.71. The molecule has 5 nitrogen and oxygen atoms in total. The maximum Gasteiger partial charge on any atom is 0.414 e. The SMILES string of the molecule is CC(C)(C)OC(=O)N1CCc2nc(Cl)nc(Cl)c21. The van der Waals surface area contributed by atoms with Gasteiger partial charge in [0.25, 0.3) is 0 Å². The molecule has 1 aliphatic rings. The lowest BCUT2D eigenvalue weighted by molar-refractivity contribution is 0.0584. The van der Waals surface area contributed by atoms with E-state index in [0.29, 0.717) is 24.3 Å². The number of amides is 1. The molecule has 0 unspecified atom stereocenters. The average molecular weight is 290 g/mol. The number of carbonyl (C=O) groups excluding carboxylic acids is 1. The molecular formula is C11H13Cl2N3O2. The Hall–Kier alpha value is -1.07. The Morgan fingerprint density at radius 1 is 1.33 bits per heavy atom. The van der Waals surface area contributed by atoms with Gasteiger partial charge in [-0.3, -0.25) is 4.90 Å². The zero-order valence-electron chi connectivity index (χ0n) is 10.3. The van der Waals surface area contributed by atoms with Crippen LogP contribution in [-0.4, -0.2) is 28.2 Å². The summed E-state index contributed by atoms with van der Waals surface area (Å²) < 4.78 is 5.30. The van der Waals surface area contributed by atoms with Crippen molar-refractivity contribution in [3.8, 4) is 0 Å². The summed E-state index contributed by atoms with van der Waals surface area (Å²) in [5, 5.41) is 0.262. The minimum absolute atomic E-state index is 0.0878. The number of ether oxygens (including phenoxy) is 1. The third-order valence-corrected chi connectivity index (χ3v) is 2.77. The number of anilines is 1. The summed E-state index contributed by atoms with van der Waals surface area (Å²) in [6.07, 6.45) is 0.144. The van der Waals surface area contributed by atoms with Gasteiger partial charge in [-0.25, -0.2) is 14.8 Å². The van der Waals surface area contributed by atoms with Crippen LogP contribution in [0.2, 0.25) is 10.4 Å². The molecule has 0 saturated heterocycles. The summed E-state index contributed by atoms with van der Waals surface area (Å²) in [6, 6.07) is 0. The average Bonchev–Trinajstić information content (AvgIpc) is 2.58. The predicted octanol–water partition coefficient (Wildman–Crippen LogP) is 3.08. The molecule has 0 atom stereocenters. The van der Waals surface area contributed by atoms with Crippen molar-refractivity contribution >= 4 is 35.0 Å². The van der Waals surface area contributed by atoms with Crippen molar-refractivity contribution in [2.24, 2.45) is 0 Å². The molecule has 0 fully saturated rings. The minimum Gasteiger partial charge on any atom is -0.443 e. The van der Waals surface area contributed by atoms with Crippen molar-refractivity contribution in [1.82, 2.24) is 9.97 Å². The van der Waals surface area contributed by atoms with Crippen LogP contribution in [0.1, 0.15) is 26.5 Å². The highest BCUT2D eigenvalue weighted by atomic mass is 35.5. The van der Waals surface area contributed by atoms with Gasteiger partial charge in [0.15, 0.2) is 5.15 Å². The maximum absolute atomic E-state index is 12.0. The van der Waals surface area contributed by atoms with Gasteiger partial charge in [-0.05, 0) is 32.4 Å². The van der Waals surface area contributed by atoms with E-state index >= 15 is 0 Å². The van der Waals surface area contributed by atoms with Gasteiger partial charge in [0.2, 0.25) is 5.28 Å². The highest BCUT2D eigenvalue weighted by Crippen LogP contribution is 2.34. The zero-order chi connectivity index (χ0) is 13.5. The Balaban J connectivity index is 2.29. The molecular weight excluding hydrogens is 277 g/mol. The van der Waals surface area contributed by atoms with Crippen LogP contribution in [0.15, 0.2) is 0 Å². The first-order chi connectivity index (χ1) is 8.28. The van der Waals surface area contributed by atoms with E-state index in [0.717, 1.165) is 0 Å². The van der Waals surface area contributed by atoms with Crippen molar-refractivity contribution < 1.29 is 9.53 Å². The van der Waals surface area contributed by atoms with Crippen molar-refractivity contribution in [2.45, 2.75) is 32.8 Å². The van der Waals surface area contributed by atoms with Crippen molar-refractivity contribution in [3.63, 3.8) is 0 Å². The number of fused-ring (bicyclic) bond motifs is 1. The van der Waals surface area contributed by atoms with E-state index in [-0.39, 0.29) is 10.4 Å². The second-order valence-electron chi connectivity index (χ2n) is 4.96. The molecule has 0 N–H and O–H groups in total. The third-order valence-electron chi connectivity index (χ3n) is 2.34. The fraction of sp³-hybridized carbons (Fsp3) is 0.545. The van der Waals surface area contributed by atoms with Crippen LogP contribution < -0.4 is 4.90 Å². The van der Waals surface area contributed by atoms with E-state index in [4.69, 9.17) is 27.9 Å². The van der Waals surface area contributed by atoms with Gasteiger partial charge in [-0.15, -0.1) is 0 Å². The number of nitrogens with zero attached hydrogens (tertiary/aromatic N) is 3. The highest BCUT2D eigenvalue weighted by Gasteiger charge is 2.32. The summed E-state index contributed by atoms with van der Waals surface area (Å²) in [7, 11) is 0. The Morgan fingerprint density at radius 2 is 2.00 bits per heavy atom. The molecule has 1 aromatic heterocycles. The summed E-state index contributed by atoms with van der Waals surface area (Å²) in [4.78, 5) is 21.4. The molecule has 0 spiro atoms. The summed E-state index contributed by atoms with van der Waals surface area (Å²) in [5.41, 5.74) is 0.612. The maximum atomic E-state index is 12.0. The molecule has 0 radical (unpaired) electrons. The van der Waals surface area contributed by atoms with Gasteiger partial charge in [-0.2, -0.15) is 0 Å². The number of rotatable bonds is 0. The molecule has 2 rings (SSSR count). The molecule has 0 saturated carbocycles. The number of hydrogen-bond donors (Lipinski definition) is 0. The Labute approximate surface area is 115 Å². The smallest absolute Gasteiger partial charge is 0.414 e. The summed E-state index contributed by atoms with van der Waals surface area (Å²) in [5.74, 6) is 0. The quantitative estimate of drug-likeness (QED) is 0.544. The third kappa shape index (κ3) is 2.67. The van der Waals surface area contributed by atoms with Gasteiger partial charge >= 0.3 is 6.09 Å². The van der Waals surface area contributed by atoms with Crippen LogP contribution in [0.25, 0.3) is 0 Å². The van der Waals surface area contributed by atoms with Crippen LogP contribution in [-0.2, 0) is 11.2 Å². The second kappa shape index (κ2) is 4.55. The first-order valence-electron chi connectivity index (χ1n) is 5.50. The number of carbonyl (C=O) groups is 1. The Bertz CT molecular complexity index is 500. The van der Waals surface area contributed by atoms with Gasteiger partial charge < -0.3 is 4.74 Å². The van der Waals surface area contributed by atoms with Crippen LogP contribution >= 0.6 is 23.2 Å². The first kappa shape index (κ1) is 13.4. The molecule has 1 aliphatic heterocycles. The second-order valence-corrected chi connectivity index (χ2v) is 5.66. The van der Waals surface area contributed by atoms with Gasteiger partial charge in [-0.1, -0.05) is 11.6 Å². The number of aromatic nitrogens is 2. The van der Waals surface area contributed by atoms with Gasteiger partial charge in [0.05, 0.1) is 5.69 Å². The van der Waals surface area contributed by atoms with Crippen molar-refractivity contribution in [3.05, 3.63) is 16.1 Å². The molecule has 1 aromatic rings. The predicted molar refractivity (Wildman–Crippen MR) is 69.3 cm³/mol. The van der Waals surface area contributed by atoms with Crippen LogP contribution in [0, 0.1) is 0 Å². The lowest BCUT2D eigenvalue weighted by atomic mass is 10.2. The number of halogens is 2. The van der Waals surface area contributed by atoms with E-state index in [2.05, 4.69) is 9.97 Å². The highest BCUT2D eigenvalue weighted by molar-refractivity contribution is 6.34. The van der Waals surface area contributed by atoms with Crippen LogP contribution in [0.3, 0.4) is 0 Å². The monoisotopic (exact) mass is 289 g/mol. The normalized spacial score (nSPS) is 14.6. The van der Waals surface area contributed by atoms with Gasteiger partial charge in [0.1, 0.15) is 11.3 Å². The van der Waals surface area contributed by atoms with E-state index in [1.54, 1.807) is 0 Å². The van der Waals surface area contributed by atoms with Crippen LogP contribution in [0.5, 0.6) is 0 Å². The van der Waals surface area contributed by atoms with E-state index in [1.807, 2.05) is 20.8 Å². The summed E-state index contributed by atoms with van der Waals surface area (Å²) >= 11 is 11.7. The van der Waals surface area contributed by atoms with Crippen molar-refractivity contribution in [1.29, 1.82) is 0 Å². The van der Waals surface area contributed by atoms with Crippen molar-refractivity contribution in [2.75, 3.05) is 11.4 Å². The molecule has 1 amide bonds. The molecule has 7 heteroatoms. The topological polar surface area (TPSA) is 55.3 Å². The zero-order valence-corrected chi connectivity index (χ0v) is 11.8. The molecule has 0 aromatic carbocycles. The molecule has 2 heterocycles. The largest absolute Gasteiger partial charge is 0.443 e. The first-order valence-corrected chi connectivity index (χ1v) is 6.26. The van der Waals surface area contributed by atoms with Gasteiger partial charge in [0, 0.05) is 13.0 Å². The lowest BCUT2D eigenvalue weighted by Gasteiger charge is -2.24. The number of hydrogen-bond acceptors (Lipinski definition) is 4.